The Morgan fingerprint density at radius 1 is 1.07 bits per heavy atom. The normalized spacial score (nSPS) is 16.0. The lowest BCUT2D eigenvalue weighted by Gasteiger charge is -2.26. The smallest absolute Gasteiger partial charge is 0.243 e. The van der Waals surface area contributed by atoms with Gasteiger partial charge in [-0.3, -0.25) is 0 Å². The average molecular weight is 385 g/mol. The van der Waals surface area contributed by atoms with Crippen molar-refractivity contribution >= 4 is 21.1 Å². The summed E-state index contributed by atoms with van der Waals surface area (Å²) in [6.07, 6.45) is 0.820. The van der Waals surface area contributed by atoms with Crippen LogP contribution in [0.15, 0.2) is 53.4 Å². The number of aromatic nitrogens is 2. The van der Waals surface area contributed by atoms with E-state index in [2.05, 4.69) is 17.6 Å². The molecule has 0 N–H and O–H groups in total. The van der Waals surface area contributed by atoms with Gasteiger partial charge in [-0.15, -0.1) is 0 Å². The molecule has 1 aliphatic heterocycles. The third kappa shape index (κ3) is 3.50. The van der Waals surface area contributed by atoms with E-state index in [-0.39, 0.29) is 0 Å². The SMILES string of the molecule is CCc1nc2ccccc2n1Cc1cccc(S(=O)(=O)N2CCOCC2)c1. The van der Waals surface area contributed by atoms with Crippen molar-refractivity contribution in [2.24, 2.45) is 0 Å². The van der Waals surface area contributed by atoms with Gasteiger partial charge in [-0.05, 0) is 29.8 Å². The van der Waals surface area contributed by atoms with E-state index in [0.29, 0.717) is 37.7 Å². The van der Waals surface area contributed by atoms with Crippen LogP contribution < -0.4 is 0 Å². The fraction of sp³-hybridized carbons (Fsp3) is 0.350. The molecule has 0 atom stereocenters. The predicted octanol–water partition coefficient (Wildman–Crippen LogP) is 2.67. The highest BCUT2D eigenvalue weighted by atomic mass is 32.2. The fourth-order valence-electron chi connectivity index (χ4n) is 3.49. The van der Waals surface area contributed by atoms with Gasteiger partial charge in [-0.25, -0.2) is 13.4 Å². The van der Waals surface area contributed by atoms with Gasteiger partial charge in [0.1, 0.15) is 5.82 Å². The lowest BCUT2D eigenvalue weighted by Crippen LogP contribution is -2.40. The minimum atomic E-state index is -3.49. The molecule has 7 heteroatoms. The number of imidazole rings is 1. The quantitative estimate of drug-likeness (QED) is 0.677. The first-order valence-electron chi connectivity index (χ1n) is 9.20. The molecular formula is C20H23N3O3S. The van der Waals surface area contributed by atoms with Crippen LogP contribution >= 0.6 is 0 Å². The maximum atomic E-state index is 12.9. The summed E-state index contributed by atoms with van der Waals surface area (Å²) in [5.41, 5.74) is 2.98. The van der Waals surface area contributed by atoms with Crippen LogP contribution in [0.1, 0.15) is 18.3 Å². The molecule has 0 bridgehead atoms. The molecule has 142 valence electrons. The van der Waals surface area contributed by atoms with Crippen LogP contribution in [-0.2, 0) is 27.7 Å². The number of aryl methyl sites for hydroxylation is 1. The highest BCUT2D eigenvalue weighted by molar-refractivity contribution is 7.89. The summed E-state index contributed by atoms with van der Waals surface area (Å²) in [4.78, 5) is 5.03. The molecule has 3 aromatic rings. The molecule has 0 radical (unpaired) electrons. The van der Waals surface area contributed by atoms with E-state index in [1.54, 1.807) is 12.1 Å². The molecule has 4 rings (SSSR count). The van der Waals surface area contributed by atoms with Crippen molar-refractivity contribution in [3.63, 3.8) is 0 Å². The first-order valence-corrected chi connectivity index (χ1v) is 10.6. The van der Waals surface area contributed by atoms with Crippen LogP contribution in [0.25, 0.3) is 11.0 Å². The summed E-state index contributed by atoms with van der Waals surface area (Å²) >= 11 is 0. The van der Waals surface area contributed by atoms with Crippen molar-refractivity contribution in [2.75, 3.05) is 26.3 Å². The summed E-state index contributed by atoms with van der Waals surface area (Å²) in [5, 5.41) is 0. The second-order valence-electron chi connectivity index (χ2n) is 6.62. The number of nitrogens with zero attached hydrogens (tertiary/aromatic N) is 3. The molecule has 1 aliphatic rings. The van der Waals surface area contributed by atoms with Crippen LogP contribution in [0.5, 0.6) is 0 Å². The molecule has 1 fully saturated rings. The zero-order valence-corrected chi connectivity index (χ0v) is 16.2. The molecule has 0 aliphatic carbocycles. The number of benzene rings is 2. The fourth-order valence-corrected chi connectivity index (χ4v) is 4.97. The molecule has 1 aromatic heterocycles. The van der Waals surface area contributed by atoms with E-state index >= 15 is 0 Å². The first-order chi connectivity index (χ1) is 13.1. The van der Waals surface area contributed by atoms with Crippen LogP contribution in [0.4, 0.5) is 0 Å². The standard InChI is InChI=1S/C20H23N3O3S/c1-2-20-21-18-8-3-4-9-19(18)23(20)15-16-6-5-7-17(14-16)27(24,25)22-10-12-26-13-11-22/h3-9,14H,2,10-13,15H2,1H3. The van der Waals surface area contributed by atoms with Gasteiger partial charge in [0.05, 0.1) is 29.1 Å². The van der Waals surface area contributed by atoms with Gasteiger partial charge >= 0.3 is 0 Å². The summed E-state index contributed by atoms with van der Waals surface area (Å²) < 4.78 is 34.8. The second kappa shape index (κ2) is 7.42. The van der Waals surface area contributed by atoms with Crippen molar-refractivity contribution in [3.8, 4) is 0 Å². The monoisotopic (exact) mass is 385 g/mol. The van der Waals surface area contributed by atoms with E-state index in [9.17, 15) is 8.42 Å². The molecule has 0 saturated carbocycles. The molecule has 27 heavy (non-hydrogen) atoms. The molecule has 6 nitrogen and oxygen atoms in total. The zero-order valence-electron chi connectivity index (χ0n) is 15.3. The first kappa shape index (κ1) is 18.2. The van der Waals surface area contributed by atoms with E-state index in [1.165, 1.54) is 4.31 Å². The van der Waals surface area contributed by atoms with Crippen molar-refractivity contribution in [2.45, 2.75) is 24.8 Å². The van der Waals surface area contributed by atoms with E-state index in [4.69, 9.17) is 9.72 Å². The van der Waals surface area contributed by atoms with Gasteiger partial charge in [-0.2, -0.15) is 4.31 Å². The predicted molar refractivity (Wildman–Crippen MR) is 104 cm³/mol. The van der Waals surface area contributed by atoms with Crippen LogP contribution in [0.3, 0.4) is 0 Å². The lowest BCUT2D eigenvalue weighted by molar-refractivity contribution is 0.0730. The number of morpholine rings is 1. The summed E-state index contributed by atoms with van der Waals surface area (Å²) in [7, 11) is -3.49. The Bertz CT molecular complexity index is 1050. The van der Waals surface area contributed by atoms with Gasteiger partial charge in [0, 0.05) is 26.1 Å². The summed E-state index contributed by atoms with van der Waals surface area (Å²) in [6, 6.07) is 15.3. The van der Waals surface area contributed by atoms with Crippen molar-refractivity contribution in [1.82, 2.24) is 13.9 Å². The number of para-hydroxylation sites is 2. The average Bonchev–Trinajstić information content (AvgIpc) is 3.06. The molecular weight excluding hydrogens is 362 g/mol. The Labute approximate surface area is 159 Å². The second-order valence-corrected chi connectivity index (χ2v) is 8.56. The van der Waals surface area contributed by atoms with Crippen LogP contribution in [0.2, 0.25) is 0 Å². The molecule has 0 spiro atoms. The van der Waals surface area contributed by atoms with Gasteiger partial charge in [0.25, 0.3) is 0 Å². The van der Waals surface area contributed by atoms with E-state index < -0.39 is 10.0 Å². The Balaban J connectivity index is 1.68. The third-order valence-corrected chi connectivity index (χ3v) is 6.79. The number of sulfonamides is 1. The number of rotatable bonds is 5. The topological polar surface area (TPSA) is 64.4 Å². The summed E-state index contributed by atoms with van der Waals surface area (Å²) in [5.74, 6) is 0.998. The van der Waals surface area contributed by atoms with Gasteiger partial charge in [0.15, 0.2) is 0 Å². The molecule has 2 heterocycles. The number of ether oxygens (including phenoxy) is 1. The van der Waals surface area contributed by atoms with Gasteiger partial charge in [-0.1, -0.05) is 31.2 Å². The molecule has 2 aromatic carbocycles. The number of hydrogen-bond donors (Lipinski definition) is 0. The van der Waals surface area contributed by atoms with Crippen molar-refractivity contribution in [1.29, 1.82) is 0 Å². The number of hydrogen-bond acceptors (Lipinski definition) is 4. The highest BCUT2D eigenvalue weighted by Gasteiger charge is 2.26. The van der Waals surface area contributed by atoms with Crippen LogP contribution in [0, 0.1) is 0 Å². The van der Waals surface area contributed by atoms with E-state index in [1.807, 2.05) is 30.3 Å². The largest absolute Gasteiger partial charge is 0.379 e. The Morgan fingerprint density at radius 3 is 2.63 bits per heavy atom. The Kier molecular flexibility index (Phi) is 4.99. The van der Waals surface area contributed by atoms with Crippen LogP contribution in [-0.4, -0.2) is 48.6 Å². The Morgan fingerprint density at radius 2 is 1.85 bits per heavy atom. The minimum absolute atomic E-state index is 0.337. The van der Waals surface area contributed by atoms with E-state index in [0.717, 1.165) is 28.8 Å². The van der Waals surface area contributed by atoms with Crippen molar-refractivity contribution in [3.05, 3.63) is 59.9 Å². The lowest BCUT2D eigenvalue weighted by atomic mass is 10.2. The summed E-state index contributed by atoms with van der Waals surface area (Å²) in [6.45, 7) is 4.37. The highest BCUT2D eigenvalue weighted by Crippen LogP contribution is 2.22. The maximum absolute atomic E-state index is 12.9. The van der Waals surface area contributed by atoms with Gasteiger partial charge in [0.2, 0.25) is 10.0 Å². The minimum Gasteiger partial charge on any atom is -0.379 e. The van der Waals surface area contributed by atoms with Crippen molar-refractivity contribution < 1.29 is 13.2 Å². The molecule has 0 amide bonds. The Hall–Kier alpha value is -2.22. The van der Waals surface area contributed by atoms with Gasteiger partial charge < -0.3 is 9.30 Å². The molecule has 0 unspecified atom stereocenters. The number of fused-ring (bicyclic) bond motifs is 1. The molecule has 1 saturated heterocycles. The zero-order chi connectivity index (χ0) is 18.9. The maximum Gasteiger partial charge on any atom is 0.243 e. The third-order valence-electron chi connectivity index (χ3n) is 4.90.